The number of Topliss-reactive ketones (excluding diaryl/α,β-unsaturated/α-hetero) is 1. The minimum Gasteiger partial charge on any atom is -0.487 e. The van der Waals surface area contributed by atoms with Gasteiger partial charge in [-0.1, -0.05) is 36.4 Å². The molecule has 0 atom stereocenters. The number of rotatable bonds is 5. The molecule has 2 aromatic carbocycles. The van der Waals surface area contributed by atoms with Crippen molar-refractivity contribution < 1.29 is 14.3 Å². The van der Waals surface area contributed by atoms with Crippen LogP contribution in [0.1, 0.15) is 25.1 Å². The van der Waals surface area contributed by atoms with Crippen LogP contribution in [0.5, 0.6) is 5.75 Å². The molecule has 3 heterocycles. The molecule has 0 aliphatic carbocycles. The van der Waals surface area contributed by atoms with Crippen molar-refractivity contribution >= 4 is 28.1 Å². The van der Waals surface area contributed by atoms with Gasteiger partial charge in [0.15, 0.2) is 5.60 Å². The lowest BCUT2D eigenvalue weighted by Gasteiger charge is -2.16. The van der Waals surface area contributed by atoms with Gasteiger partial charge < -0.3 is 9.47 Å². The Bertz CT molecular complexity index is 1290. The van der Waals surface area contributed by atoms with Gasteiger partial charge in [0, 0.05) is 5.39 Å². The molecule has 0 amide bonds. The number of ketones is 1. The van der Waals surface area contributed by atoms with Gasteiger partial charge in [-0.2, -0.15) is 4.68 Å². The van der Waals surface area contributed by atoms with E-state index in [1.54, 1.807) is 13.8 Å². The Morgan fingerprint density at radius 2 is 1.84 bits per heavy atom. The number of hydrogen-bond acceptors (Lipinski definition) is 7. The van der Waals surface area contributed by atoms with Crippen LogP contribution in [0.25, 0.3) is 22.4 Å². The van der Waals surface area contributed by atoms with Crippen LogP contribution in [0.2, 0.25) is 0 Å². The van der Waals surface area contributed by atoms with Crippen LogP contribution in [-0.4, -0.2) is 36.6 Å². The Balaban J connectivity index is 1.37. The van der Waals surface area contributed by atoms with Crippen LogP contribution in [0.4, 0.5) is 0 Å². The van der Waals surface area contributed by atoms with E-state index in [1.165, 1.54) is 11.0 Å². The summed E-state index contributed by atoms with van der Waals surface area (Å²) in [6.45, 7) is 3.79. The Morgan fingerprint density at radius 1 is 1.03 bits per heavy atom. The van der Waals surface area contributed by atoms with Gasteiger partial charge in [-0.05, 0) is 54.1 Å². The maximum absolute atomic E-state index is 12.9. The highest BCUT2D eigenvalue weighted by Gasteiger charge is 2.43. The van der Waals surface area contributed by atoms with Gasteiger partial charge in [0.05, 0.1) is 16.8 Å². The molecular formula is C23H19N5O3. The summed E-state index contributed by atoms with van der Waals surface area (Å²) in [7, 11) is 0. The topological polar surface area (TPSA) is 92.0 Å². The minimum absolute atomic E-state index is 0.132. The fourth-order valence-corrected chi connectivity index (χ4v) is 3.47. The van der Waals surface area contributed by atoms with Crippen molar-refractivity contribution in [2.24, 2.45) is 0 Å². The first-order valence-corrected chi connectivity index (χ1v) is 9.81. The summed E-state index contributed by atoms with van der Waals surface area (Å²) >= 11 is 0. The first-order valence-electron chi connectivity index (χ1n) is 9.81. The lowest BCUT2D eigenvalue weighted by molar-refractivity contribution is -0.125. The Hall–Kier alpha value is -4.07. The van der Waals surface area contributed by atoms with Crippen LogP contribution >= 0.6 is 0 Å². The fourth-order valence-electron chi connectivity index (χ4n) is 3.47. The zero-order valence-corrected chi connectivity index (χ0v) is 17.0. The predicted octanol–water partition coefficient (Wildman–Crippen LogP) is 3.50. The van der Waals surface area contributed by atoms with Crippen LogP contribution in [0.15, 0.2) is 67.0 Å². The molecule has 8 heteroatoms. The molecule has 1 aliphatic rings. The summed E-state index contributed by atoms with van der Waals surface area (Å²) in [5, 5.41) is 12.2. The molecule has 0 spiro atoms. The van der Waals surface area contributed by atoms with Crippen LogP contribution in [-0.2, 0) is 16.1 Å². The normalized spacial score (nSPS) is 15.4. The third-order valence-corrected chi connectivity index (χ3v) is 5.08. The SMILES string of the molecule is CC1(C)OC(n2cnnn2)=C(c2ccc(OCc3ccc4ccccc4n3)cc2)C1=O. The van der Waals surface area contributed by atoms with Gasteiger partial charge >= 0.3 is 0 Å². The number of pyridine rings is 1. The molecular weight excluding hydrogens is 394 g/mol. The first-order chi connectivity index (χ1) is 15.0. The largest absolute Gasteiger partial charge is 0.487 e. The Labute approximate surface area is 178 Å². The summed E-state index contributed by atoms with van der Waals surface area (Å²) in [5.41, 5.74) is 1.92. The van der Waals surface area contributed by atoms with Crippen molar-refractivity contribution in [2.45, 2.75) is 26.1 Å². The summed E-state index contributed by atoms with van der Waals surface area (Å²) < 4.78 is 13.1. The van der Waals surface area contributed by atoms with Gasteiger partial charge in [-0.3, -0.25) is 4.79 Å². The zero-order valence-electron chi connectivity index (χ0n) is 17.0. The fraction of sp³-hybridized carbons (Fsp3) is 0.174. The maximum Gasteiger partial charge on any atom is 0.230 e. The average molecular weight is 413 g/mol. The predicted molar refractivity (Wildman–Crippen MR) is 114 cm³/mol. The molecule has 4 aromatic rings. The van der Waals surface area contributed by atoms with Gasteiger partial charge in [0.25, 0.3) is 0 Å². The van der Waals surface area contributed by atoms with E-state index in [9.17, 15) is 4.79 Å². The van der Waals surface area contributed by atoms with Crippen LogP contribution < -0.4 is 4.74 Å². The second-order valence-electron chi connectivity index (χ2n) is 7.68. The van der Waals surface area contributed by atoms with Gasteiger partial charge in [0.2, 0.25) is 11.7 Å². The summed E-state index contributed by atoms with van der Waals surface area (Å²) in [6, 6.07) is 19.2. The number of hydrogen-bond donors (Lipinski definition) is 0. The highest BCUT2D eigenvalue weighted by Crippen LogP contribution is 2.38. The van der Waals surface area contributed by atoms with Crippen molar-refractivity contribution in [1.82, 2.24) is 25.2 Å². The second kappa shape index (κ2) is 7.32. The highest BCUT2D eigenvalue weighted by molar-refractivity contribution is 6.31. The molecule has 1 aliphatic heterocycles. The molecule has 0 N–H and O–H groups in total. The van der Waals surface area contributed by atoms with E-state index in [0.29, 0.717) is 29.4 Å². The lowest BCUT2D eigenvalue weighted by atomic mass is 9.94. The molecule has 0 saturated heterocycles. The quantitative estimate of drug-likeness (QED) is 0.494. The van der Waals surface area contributed by atoms with Gasteiger partial charge in [-0.25, -0.2) is 4.98 Å². The summed E-state index contributed by atoms with van der Waals surface area (Å²) in [4.78, 5) is 17.6. The number of aromatic nitrogens is 5. The Kier molecular flexibility index (Phi) is 4.47. The van der Waals surface area contributed by atoms with E-state index < -0.39 is 5.60 Å². The van der Waals surface area contributed by atoms with E-state index in [-0.39, 0.29) is 5.78 Å². The minimum atomic E-state index is -0.993. The number of para-hydroxylation sites is 1. The highest BCUT2D eigenvalue weighted by atomic mass is 16.5. The van der Waals surface area contributed by atoms with Crippen molar-refractivity contribution in [3.8, 4) is 5.75 Å². The second-order valence-corrected chi connectivity index (χ2v) is 7.68. The van der Waals surface area contributed by atoms with E-state index in [2.05, 4.69) is 20.5 Å². The van der Waals surface area contributed by atoms with E-state index in [4.69, 9.17) is 9.47 Å². The molecule has 0 unspecified atom stereocenters. The molecule has 0 saturated carbocycles. The third kappa shape index (κ3) is 3.52. The van der Waals surface area contributed by atoms with Crippen molar-refractivity contribution in [3.63, 3.8) is 0 Å². The number of benzene rings is 2. The molecule has 154 valence electrons. The molecule has 31 heavy (non-hydrogen) atoms. The number of tetrazole rings is 1. The lowest BCUT2D eigenvalue weighted by Crippen LogP contribution is -2.29. The van der Waals surface area contributed by atoms with E-state index >= 15 is 0 Å². The number of carbonyl (C=O) groups is 1. The van der Waals surface area contributed by atoms with Gasteiger partial charge in [-0.15, -0.1) is 5.10 Å². The standard InChI is InChI=1S/C23H19N5O3/c1-23(2)21(29)20(22(31-23)28-14-24-26-27-28)16-8-11-18(12-9-16)30-13-17-10-7-15-5-3-4-6-19(15)25-17/h3-12,14H,13H2,1-2H3. The molecule has 0 bridgehead atoms. The number of carbonyl (C=O) groups excluding carboxylic acids is 1. The summed E-state index contributed by atoms with van der Waals surface area (Å²) in [5.74, 6) is 0.856. The number of nitrogens with zero attached hydrogens (tertiary/aromatic N) is 5. The van der Waals surface area contributed by atoms with E-state index in [1.807, 2.05) is 60.7 Å². The van der Waals surface area contributed by atoms with Gasteiger partial charge in [0.1, 0.15) is 18.7 Å². The third-order valence-electron chi connectivity index (χ3n) is 5.08. The molecule has 0 fully saturated rings. The monoisotopic (exact) mass is 413 g/mol. The summed E-state index contributed by atoms with van der Waals surface area (Å²) in [6.07, 6.45) is 1.40. The number of fused-ring (bicyclic) bond motifs is 1. The first kappa shape index (κ1) is 18.9. The zero-order chi connectivity index (χ0) is 21.4. The van der Waals surface area contributed by atoms with E-state index in [0.717, 1.165) is 16.6 Å². The van der Waals surface area contributed by atoms with Crippen LogP contribution in [0.3, 0.4) is 0 Å². The van der Waals surface area contributed by atoms with Crippen molar-refractivity contribution in [1.29, 1.82) is 0 Å². The van der Waals surface area contributed by atoms with Crippen molar-refractivity contribution in [2.75, 3.05) is 0 Å². The number of ether oxygens (including phenoxy) is 2. The maximum atomic E-state index is 12.9. The smallest absolute Gasteiger partial charge is 0.230 e. The average Bonchev–Trinajstić information content (AvgIpc) is 3.39. The molecule has 0 radical (unpaired) electrons. The Morgan fingerprint density at radius 3 is 2.61 bits per heavy atom. The molecule has 2 aromatic heterocycles. The molecule has 8 nitrogen and oxygen atoms in total. The van der Waals surface area contributed by atoms with Crippen molar-refractivity contribution in [3.05, 3.63) is 78.2 Å². The van der Waals surface area contributed by atoms with Crippen LogP contribution in [0, 0.1) is 0 Å². The molecule has 5 rings (SSSR count).